The first-order valence-electron chi connectivity index (χ1n) is 13.4. The van der Waals surface area contributed by atoms with Crippen LogP contribution in [0.3, 0.4) is 0 Å². The van der Waals surface area contributed by atoms with Gasteiger partial charge in [-0.25, -0.2) is 0 Å². The molecule has 4 saturated carbocycles. The van der Waals surface area contributed by atoms with E-state index in [0.29, 0.717) is 35.3 Å². The van der Waals surface area contributed by atoms with Crippen LogP contribution in [0.4, 0.5) is 0 Å². The summed E-state index contributed by atoms with van der Waals surface area (Å²) in [6.45, 7) is 8.08. The monoisotopic (exact) mass is 515 g/mol. The Kier molecular flexibility index (Phi) is 8.07. The molecule has 0 spiro atoms. The molecule has 9 atom stereocenters. The molecule has 35 heavy (non-hydrogen) atoms. The molecule has 1 unspecified atom stereocenters. The van der Waals surface area contributed by atoms with Gasteiger partial charge in [0.1, 0.15) is 6.61 Å². The number of aliphatic hydroxyl groups excluding tert-OH is 2. The van der Waals surface area contributed by atoms with Gasteiger partial charge in [-0.1, -0.05) is 13.8 Å². The summed E-state index contributed by atoms with van der Waals surface area (Å²) in [6, 6.07) is 0.273. The summed E-state index contributed by atoms with van der Waals surface area (Å²) in [5.74, 6) is 2.82. The lowest BCUT2D eigenvalue weighted by molar-refractivity contribution is -0.157. The van der Waals surface area contributed by atoms with Crippen molar-refractivity contribution in [2.24, 2.45) is 40.4 Å². The van der Waals surface area contributed by atoms with Gasteiger partial charge in [0.25, 0.3) is 10.1 Å². The first-order valence-corrected chi connectivity index (χ1v) is 15.3. The summed E-state index contributed by atoms with van der Waals surface area (Å²) < 4.78 is 31.4. The highest BCUT2D eigenvalue weighted by atomic mass is 32.2. The van der Waals surface area contributed by atoms with Gasteiger partial charge in [-0.05, 0) is 85.9 Å². The average molecular weight is 516 g/mol. The molecule has 4 aliphatic carbocycles. The van der Waals surface area contributed by atoms with Crippen molar-refractivity contribution in [2.45, 2.75) is 77.4 Å². The highest BCUT2D eigenvalue weighted by Crippen LogP contribution is 2.67. The summed E-state index contributed by atoms with van der Waals surface area (Å²) in [4.78, 5) is 15.0. The normalized spacial score (nSPS) is 45.9. The molecule has 0 bridgehead atoms. The Morgan fingerprint density at radius 2 is 1.66 bits per heavy atom. The van der Waals surface area contributed by atoms with Gasteiger partial charge in [-0.2, -0.15) is 8.42 Å². The maximum absolute atomic E-state index is 12.5. The van der Waals surface area contributed by atoms with Crippen LogP contribution in [-0.4, -0.2) is 85.2 Å². The largest absolute Gasteiger partial charge is 0.391 e. The number of hydrogen-bond donors (Lipinski definition) is 3. The van der Waals surface area contributed by atoms with E-state index >= 15 is 0 Å². The van der Waals surface area contributed by atoms with Crippen molar-refractivity contribution in [3.8, 4) is 0 Å². The number of carbonyl (C=O) groups is 1. The lowest BCUT2D eigenvalue weighted by atomic mass is 9.44. The van der Waals surface area contributed by atoms with E-state index in [4.69, 9.17) is 9.29 Å². The smallest absolute Gasteiger partial charge is 0.261 e. The van der Waals surface area contributed by atoms with Crippen molar-refractivity contribution in [2.75, 3.05) is 39.2 Å². The predicted molar refractivity (Wildman–Crippen MR) is 132 cm³/mol. The van der Waals surface area contributed by atoms with Gasteiger partial charge in [0.15, 0.2) is 5.78 Å². The number of fused-ring (bicyclic) bond motifs is 5. The lowest BCUT2D eigenvalue weighted by Gasteiger charge is -2.62. The van der Waals surface area contributed by atoms with E-state index in [-0.39, 0.29) is 35.9 Å². The van der Waals surface area contributed by atoms with Gasteiger partial charge < -0.3 is 14.9 Å². The highest BCUT2D eigenvalue weighted by Gasteiger charge is 2.62. The Balaban J connectivity index is 0.000000527. The minimum atomic E-state index is -3.67. The summed E-state index contributed by atoms with van der Waals surface area (Å²) in [5, 5.41) is 20.6. The molecule has 0 radical (unpaired) electrons. The molecule has 0 aromatic heterocycles. The number of nitrogens with zero attached hydrogens (tertiary/aromatic N) is 1. The van der Waals surface area contributed by atoms with Gasteiger partial charge in [-0.15, -0.1) is 0 Å². The standard InChI is InChI=1S/C25H41NO4.CH4O3S/c1-24-8-7-19-17(18(24)5-6-20(24)23(29)15-27)4-3-16-13-22(28)21(14-25(16,19)2)26-9-11-30-12-10-26;1-5(2,3)4/h16-22,27-28H,3-15H2,1-2H3;1H3,(H,2,3,4)/t16-,17-,18-,19-,20?,21-,22-,24-,25-;/m0./s1. The summed E-state index contributed by atoms with van der Waals surface area (Å²) in [6.07, 6.45) is 9.54. The first kappa shape index (κ1) is 27.5. The number of carbonyl (C=O) groups excluding carboxylic acids is 1. The number of morpholine rings is 1. The van der Waals surface area contributed by atoms with Crippen LogP contribution >= 0.6 is 0 Å². The van der Waals surface area contributed by atoms with E-state index in [0.717, 1.165) is 58.4 Å². The van der Waals surface area contributed by atoms with Crippen LogP contribution in [-0.2, 0) is 19.6 Å². The SMILES string of the molecule is CS(=O)(=O)O.C[C@]12C[C@H](N3CCOCC3)[C@@H](O)C[C@@H]1CC[C@@H]1[C@@H]2CC[C@]2(C)C(C(=O)CO)CC[C@@H]12. The number of Topliss-reactive ketones (excluding diaryl/α,β-unsaturated/α-hetero) is 1. The molecule has 5 aliphatic rings. The molecule has 1 heterocycles. The Morgan fingerprint density at radius 3 is 2.29 bits per heavy atom. The third kappa shape index (κ3) is 5.36. The van der Waals surface area contributed by atoms with E-state index < -0.39 is 10.1 Å². The van der Waals surface area contributed by atoms with Crippen LogP contribution in [0, 0.1) is 40.4 Å². The van der Waals surface area contributed by atoms with Crippen molar-refractivity contribution >= 4 is 15.9 Å². The second-order valence-corrected chi connectivity index (χ2v) is 13.9. The molecule has 0 aromatic rings. The van der Waals surface area contributed by atoms with Crippen molar-refractivity contribution in [3.05, 3.63) is 0 Å². The molecule has 5 rings (SSSR count). The van der Waals surface area contributed by atoms with Gasteiger partial charge in [0.05, 0.1) is 25.6 Å². The number of ether oxygens (including phenoxy) is 1. The fourth-order valence-electron chi connectivity index (χ4n) is 9.20. The number of rotatable bonds is 3. The third-order valence-corrected chi connectivity index (χ3v) is 10.7. The third-order valence-electron chi connectivity index (χ3n) is 10.7. The topological polar surface area (TPSA) is 124 Å². The molecular formula is C26H45NO7S. The maximum Gasteiger partial charge on any atom is 0.261 e. The number of hydrogen-bond acceptors (Lipinski definition) is 7. The number of aliphatic hydroxyl groups is 2. The van der Waals surface area contributed by atoms with E-state index in [1.165, 1.54) is 19.3 Å². The molecule has 1 saturated heterocycles. The van der Waals surface area contributed by atoms with Crippen LogP contribution in [0.5, 0.6) is 0 Å². The summed E-state index contributed by atoms with van der Waals surface area (Å²) in [7, 11) is -3.67. The zero-order valence-electron chi connectivity index (χ0n) is 21.6. The zero-order valence-corrected chi connectivity index (χ0v) is 22.4. The highest BCUT2D eigenvalue weighted by molar-refractivity contribution is 7.85. The van der Waals surface area contributed by atoms with E-state index in [1.807, 2.05) is 0 Å². The maximum atomic E-state index is 12.5. The fourth-order valence-corrected chi connectivity index (χ4v) is 9.20. The van der Waals surface area contributed by atoms with E-state index in [1.54, 1.807) is 0 Å². The fraction of sp³-hybridized carbons (Fsp3) is 0.962. The quantitative estimate of drug-likeness (QED) is 0.490. The molecule has 5 fully saturated rings. The van der Waals surface area contributed by atoms with Gasteiger partial charge in [0.2, 0.25) is 0 Å². The van der Waals surface area contributed by atoms with Crippen molar-refractivity contribution < 1.29 is 32.7 Å². The van der Waals surface area contributed by atoms with E-state index in [9.17, 15) is 23.4 Å². The van der Waals surface area contributed by atoms with Crippen molar-refractivity contribution in [1.82, 2.24) is 4.90 Å². The molecule has 0 aromatic carbocycles. The molecule has 8 nitrogen and oxygen atoms in total. The molecule has 3 N–H and O–H groups in total. The second-order valence-electron chi connectivity index (χ2n) is 12.4. The van der Waals surface area contributed by atoms with Crippen LogP contribution in [0.15, 0.2) is 0 Å². The summed E-state index contributed by atoms with van der Waals surface area (Å²) >= 11 is 0. The van der Waals surface area contributed by atoms with Gasteiger partial charge >= 0.3 is 0 Å². The van der Waals surface area contributed by atoms with Gasteiger partial charge in [-0.3, -0.25) is 14.2 Å². The summed E-state index contributed by atoms with van der Waals surface area (Å²) in [5.41, 5.74) is 0.382. The molecule has 0 amide bonds. The zero-order chi connectivity index (χ0) is 25.6. The van der Waals surface area contributed by atoms with Crippen molar-refractivity contribution in [1.29, 1.82) is 0 Å². The van der Waals surface area contributed by atoms with Crippen molar-refractivity contribution in [3.63, 3.8) is 0 Å². The Labute approximate surface area is 210 Å². The lowest BCUT2D eigenvalue weighted by Crippen LogP contribution is -2.60. The van der Waals surface area contributed by atoms with Crippen LogP contribution in [0.2, 0.25) is 0 Å². The Morgan fingerprint density at radius 1 is 1.03 bits per heavy atom. The van der Waals surface area contributed by atoms with Gasteiger partial charge in [0, 0.05) is 25.0 Å². The Hall–Kier alpha value is -0.580. The first-order chi connectivity index (χ1) is 16.4. The number of ketones is 1. The molecule has 1 aliphatic heterocycles. The van der Waals surface area contributed by atoms with E-state index in [2.05, 4.69) is 18.7 Å². The molecule has 9 heteroatoms. The van der Waals surface area contributed by atoms with Crippen LogP contribution in [0.25, 0.3) is 0 Å². The average Bonchev–Trinajstić information content (AvgIpc) is 3.15. The Bertz CT molecular complexity index is 867. The molecule has 202 valence electrons. The second kappa shape index (κ2) is 10.3. The minimum Gasteiger partial charge on any atom is -0.391 e. The molecular weight excluding hydrogens is 470 g/mol. The van der Waals surface area contributed by atoms with Crippen LogP contribution in [0.1, 0.15) is 65.2 Å². The van der Waals surface area contributed by atoms with Crippen LogP contribution < -0.4 is 0 Å². The predicted octanol–water partition coefficient (Wildman–Crippen LogP) is 2.38. The minimum absolute atomic E-state index is 0.0632.